The van der Waals surface area contributed by atoms with E-state index in [0.717, 1.165) is 0 Å². The van der Waals surface area contributed by atoms with Gasteiger partial charge in [-0.05, 0) is 20.8 Å². The van der Waals surface area contributed by atoms with E-state index in [-0.39, 0.29) is 18.8 Å². The molecule has 0 atom stereocenters. The van der Waals surface area contributed by atoms with Crippen LogP contribution in [-0.2, 0) is 9.78 Å². The highest BCUT2D eigenvalue weighted by Gasteiger charge is 2.10. The van der Waals surface area contributed by atoms with Crippen molar-refractivity contribution in [1.82, 2.24) is 0 Å². The lowest BCUT2D eigenvalue weighted by Gasteiger charge is -2.16. The molecular weight excluding hydrogens is 120 g/mol. The lowest BCUT2D eigenvalue weighted by Crippen LogP contribution is -2.20. The Balaban J connectivity index is 3.07. The first kappa shape index (κ1) is 8.88. The first-order chi connectivity index (χ1) is 4.06. The van der Waals surface area contributed by atoms with Crippen LogP contribution in [0.2, 0.25) is 0 Å². The molecule has 0 unspecified atom stereocenters. The molecule has 0 bridgehead atoms. The standard InChI is InChI=1S/C6H14O3/c1-6(2,3)9-8-5-4-7/h7H,4-5H2,1-3H3. The predicted octanol–water partition coefficient (Wildman–Crippen LogP) is 0.725. The Bertz CT molecular complexity index is 65.2. The van der Waals surface area contributed by atoms with E-state index < -0.39 is 0 Å². The lowest BCUT2D eigenvalue weighted by molar-refractivity contribution is -0.350. The average Bonchev–Trinajstić information content (AvgIpc) is 1.63. The molecule has 0 aliphatic rings. The molecule has 0 amide bonds. The molecule has 9 heavy (non-hydrogen) atoms. The summed E-state index contributed by atoms with van der Waals surface area (Å²) in [6, 6.07) is 0. The Hall–Kier alpha value is -0.120. The molecule has 3 heteroatoms. The topological polar surface area (TPSA) is 38.7 Å². The van der Waals surface area contributed by atoms with Crippen LogP contribution in [0.15, 0.2) is 0 Å². The van der Waals surface area contributed by atoms with E-state index in [1.54, 1.807) is 0 Å². The summed E-state index contributed by atoms with van der Waals surface area (Å²) < 4.78 is 0. The molecular formula is C6H14O3. The van der Waals surface area contributed by atoms with Crippen molar-refractivity contribution in [1.29, 1.82) is 0 Å². The third-order valence-electron chi connectivity index (χ3n) is 0.484. The molecule has 1 N–H and O–H groups in total. The van der Waals surface area contributed by atoms with Crippen LogP contribution in [0.4, 0.5) is 0 Å². The molecule has 0 fully saturated rings. The smallest absolute Gasteiger partial charge is 0.105 e. The van der Waals surface area contributed by atoms with Gasteiger partial charge in [-0.3, -0.25) is 0 Å². The number of rotatable bonds is 3. The Kier molecular flexibility index (Phi) is 3.77. The molecule has 0 aliphatic heterocycles. The Morgan fingerprint density at radius 2 is 1.89 bits per heavy atom. The molecule has 0 aliphatic carbocycles. The zero-order chi connectivity index (χ0) is 7.33. The van der Waals surface area contributed by atoms with Crippen LogP contribution < -0.4 is 0 Å². The van der Waals surface area contributed by atoms with Crippen molar-refractivity contribution in [3.63, 3.8) is 0 Å². The van der Waals surface area contributed by atoms with Crippen LogP contribution in [0.1, 0.15) is 20.8 Å². The minimum Gasteiger partial charge on any atom is -0.394 e. The minimum atomic E-state index is -0.283. The molecule has 0 aromatic heterocycles. The summed E-state index contributed by atoms with van der Waals surface area (Å²) in [7, 11) is 0. The van der Waals surface area contributed by atoms with E-state index in [1.807, 2.05) is 20.8 Å². The highest BCUT2D eigenvalue weighted by molar-refractivity contribution is 4.54. The van der Waals surface area contributed by atoms with E-state index in [4.69, 9.17) is 9.99 Å². The fourth-order valence-corrected chi connectivity index (χ4v) is 0.256. The van der Waals surface area contributed by atoms with Gasteiger partial charge in [-0.15, -0.1) is 0 Å². The Labute approximate surface area is 55.5 Å². The first-order valence-electron chi connectivity index (χ1n) is 2.98. The molecule has 0 radical (unpaired) electrons. The average molecular weight is 134 g/mol. The van der Waals surface area contributed by atoms with E-state index in [9.17, 15) is 0 Å². The molecule has 3 nitrogen and oxygen atoms in total. The van der Waals surface area contributed by atoms with Crippen molar-refractivity contribution in [2.24, 2.45) is 0 Å². The van der Waals surface area contributed by atoms with Gasteiger partial charge in [0.15, 0.2) is 0 Å². The van der Waals surface area contributed by atoms with Crippen LogP contribution in [0, 0.1) is 0 Å². The van der Waals surface area contributed by atoms with Crippen LogP contribution in [0.25, 0.3) is 0 Å². The van der Waals surface area contributed by atoms with E-state index in [1.165, 1.54) is 0 Å². The highest BCUT2D eigenvalue weighted by atomic mass is 17.2. The zero-order valence-electron chi connectivity index (χ0n) is 6.18. The molecule has 0 spiro atoms. The van der Waals surface area contributed by atoms with Gasteiger partial charge in [0, 0.05) is 0 Å². The van der Waals surface area contributed by atoms with Gasteiger partial charge in [-0.25, -0.2) is 9.78 Å². The summed E-state index contributed by atoms with van der Waals surface area (Å²) in [5.41, 5.74) is -0.283. The van der Waals surface area contributed by atoms with E-state index in [0.29, 0.717) is 0 Å². The number of aliphatic hydroxyl groups is 1. The Morgan fingerprint density at radius 3 is 2.22 bits per heavy atom. The largest absolute Gasteiger partial charge is 0.394 e. The van der Waals surface area contributed by atoms with E-state index in [2.05, 4.69) is 4.89 Å². The summed E-state index contributed by atoms with van der Waals surface area (Å²) in [6.45, 7) is 5.87. The second-order valence-electron chi connectivity index (χ2n) is 2.74. The van der Waals surface area contributed by atoms with Gasteiger partial charge in [0.05, 0.1) is 12.2 Å². The zero-order valence-corrected chi connectivity index (χ0v) is 6.18. The van der Waals surface area contributed by atoms with Gasteiger partial charge >= 0.3 is 0 Å². The normalized spacial score (nSPS) is 12.0. The van der Waals surface area contributed by atoms with Crippen LogP contribution in [0.5, 0.6) is 0 Å². The second-order valence-corrected chi connectivity index (χ2v) is 2.74. The monoisotopic (exact) mass is 134 g/mol. The summed E-state index contributed by atoms with van der Waals surface area (Å²) in [5.74, 6) is 0. The van der Waals surface area contributed by atoms with Gasteiger partial charge in [-0.1, -0.05) is 0 Å². The van der Waals surface area contributed by atoms with Gasteiger partial charge in [0.2, 0.25) is 0 Å². The minimum absolute atomic E-state index is 0.00389. The van der Waals surface area contributed by atoms with Crippen LogP contribution in [0.3, 0.4) is 0 Å². The maximum Gasteiger partial charge on any atom is 0.105 e. The van der Waals surface area contributed by atoms with Crippen molar-refractivity contribution in [2.45, 2.75) is 26.4 Å². The lowest BCUT2D eigenvalue weighted by atomic mass is 10.2. The quantitative estimate of drug-likeness (QED) is 0.351. The molecule has 0 rings (SSSR count). The second kappa shape index (κ2) is 3.82. The fourth-order valence-electron chi connectivity index (χ4n) is 0.256. The fraction of sp³-hybridized carbons (Fsp3) is 1.00. The van der Waals surface area contributed by atoms with Gasteiger partial charge in [0.1, 0.15) is 6.61 Å². The molecule has 56 valence electrons. The van der Waals surface area contributed by atoms with Crippen molar-refractivity contribution in [3.05, 3.63) is 0 Å². The van der Waals surface area contributed by atoms with Crippen molar-refractivity contribution >= 4 is 0 Å². The maximum atomic E-state index is 8.26. The number of hydrogen-bond acceptors (Lipinski definition) is 3. The third-order valence-corrected chi connectivity index (χ3v) is 0.484. The van der Waals surface area contributed by atoms with E-state index >= 15 is 0 Å². The van der Waals surface area contributed by atoms with Crippen molar-refractivity contribution in [2.75, 3.05) is 13.2 Å². The van der Waals surface area contributed by atoms with Crippen LogP contribution in [-0.4, -0.2) is 23.9 Å². The molecule has 0 saturated carbocycles. The highest BCUT2D eigenvalue weighted by Crippen LogP contribution is 2.05. The van der Waals surface area contributed by atoms with Gasteiger partial charge in [-0.2, -0.15) is 0 Å². The maximum absolute atomic E-state index is 8.26. The summed E-state index contributed by atoms with van der Waals surface area (Å²) in [5, 5.41) is 8.26. The predicted molar refractivity (Wildman–Crippen MR) is 33.9 cm³/mol. The molecule has 0 aromatic carbocycles. The molecule has 0 saturated heterocycles. The first-order valence-corrected chi connectivity index (χ1v) is 2.98. The summed E-state index contributed by atoms with van der Waals surface area (Å²) in [4.78, 5) is 9.41. The SMILES string of the molecule is CC(C)(C)OOCCO. The van der Waals surface area contributed by atoms with Crippen LogP contribution >= 0.6 is 0 Å². The third kappa shape index (κ3) is 7.88. The summed E-state index contributed by atoms with van der Waals surface area (Å²) in [6.07, 6.45) is 0. The van der Waals surface area contributed by atoms with Gasteiger partial charge < -0.3 is 5.11 Å². The van der Waals surface area contributed by atoms with Crippen molar-refractivity contribution in [3.8, 4) is 0 Å². The summed E-state index contributed by atoms with van der Waals surface area (Å²) >= 11 is 0. The molecule has 0 aromatic rings. The Morgan fingerprint density at radius 1 is 1.33 bits per heavy atom. The van der Waals surface area contributed by atoms with Gasteiger partial charge in [0.25, 0.3) is 0 Å². The number of hydrogen-bond donors (Lipinski definition) is 1. The number of aliphatic hydroxyl groups excluding tert-OH is 1. The van der Waals surface area contributed by atoms with Crippen molar-refractivity contribution < 1.29 is 14.9 Å². The molecule has 0 heterocycles.